The number of carbonyl (C=O) groups is 1. The van der Waals surface area contributed by atoms with Crippen molar-refractivity contribution in [1.82, 2.24) is 10.2 Å². The van der Waals surface area contributed by atoms with Crippen LogP contribution in [0.4, 0.5) is 0 Å². The van der Waals surface area contributed by atoms with E-state index in [2.05, 4.69) is 24.4 Å². The standard InChI is InChI=1S/C16H24N2O/c1-3-16(9-11-17-12-10-16)15(19)18(2)13-14-7-5-4-6-8-14/h4-8,17H,3,9-13H2,1-2H3. The summed E-state index contributed by atoms with van der Waals surface area (Å²) in [6, 6.07) is 10.2. The molecule has 1 aliphatic rings. The van der Waals surface area contributed by atoms with E-state index in [1.54, 1.807) is 0 Å². The Labute approximate surface area is 116 Å². The number of hydrogen-bond donors (Lipinski definition) is 1. The molecule has 1 fully saturated rings. The summed E-state index contributed by atoms with van der Waals surface area (Å²) >= 11 is 0. The van der Waals surface area contributed by atoms with Gasteiger partial charge < -0.3 is 10.2 Å². The van der Waals surface area contributed by atoms with Crippen LogP contribution in [0, 0.1) is 5.41 Å². The largest absolute Gasteiger partial charge is 0.341 e. The molecule has 1 amide bonds. The van der Waals surface area contributed by atoms with E-state index in [0.717, 1.165) is 32.4 Å². The van der Waals surface area contributed by atoms with Crippen LogP contribution in [-0.4, -0.2) is 30.9 Å². The summed E-state index contributed by atoms with van der Waals surface area (Å²) < 4.78 is 0. The Morgan fingerprint density at radius 1 is 1.26 bits per heavy atom. The number of benzene rings is 1. The van der Waals surface area contributed by atoms with Gasteiger partial charge in [0.25, 0.3) is 0 Å². The number of carbonyl (C=O) groups excluding carboxylic acids is 1. The SMILES string of the molecule is CCC1(C(=O)N(C)Cc2ccccc2)CCNCC1. The molecule has 0 atom stereocenters. The van der Waals surface area contributed by atoms with Gasteiger partial charge in [-0.2, -0.15) is 0 Å². The van der Waals surface area contributed by atoms with Gasteiger partial charge in [0.15, 0.2) is 0 Å². The van der Waals surface area contributed by atoms with E-state index in [1.165, 1.54) is 5.56 Å². The first-order valence-corrected chi connectivity index (χ1v) is 7.18. The molecule has 0 aromatic heterocycles. The fourth-order valence-electron chi connectivity index (χ4n) is 2.96. The van der Waals surface area contributed by atoms with Gasteiger partial charge in [0, 0.05) is 13.6 Å². The molecule has 1 aromatic rings. The Kier molecular flexibility index (Phi) is 4.59. The smallest absolute Gasteiger partial charge is 0.228 e. The molecule has 1 heterocycles. The quantitative estimate of drug-likeness (QED) is 0.901. The van der Waals surface area contributed by atoms with Crippen LogP contribution in [0.3, 0.4) is 0 Å². The van der Waals surface area contributed by atoms with Crippen molar-refractivity contribution >= 4 is 5.91 Å². The van der Waals surface area contributed by atoms with Crippen molar-refractivity contribution in [3.63, 3.8) is 0 Å². The summed E-state index contributed by atoms with van der Waals surface area (Å²) in [5.74, 6) is 0.306. The summed E-state index contributed by atoms with van der Waals surface area (Å²) in [6.45, 7) is 4.76. The fraction of sp³-hybridized carbons (Fsp3) is 0.562. The molecular formula is C16H24N2O. The van der Waals surface area contributed by atoms with Crippen molar-refractivity contribution in [1.29, 1.82) is 0 Å². The molecule has 1 aliphatic heterocycles. The summed E-state index contributed by atoms with van der Waals surface area (Å²) in [7, 11) is 1.93. The maximum atomic E-state index is 12.8. The van der Waals surface area contributed by atoms with Crippen LogP contribution in [0.1, 0.15) is 31.7 Å². The number of hydrogen-bond acceptors (Lipinski definition) is 2. The van der Waals surface area contributed by atoms with Gasteiger partial charge >= 0.3 is 0 Å². The van der Waals surface area contributed by atoms with Crippen molar-refractivity contribution in [3.8, 4) is 0 Å². The van der Waals surface area contributed by atoms with Gasteiger partial charge in [-0.15, -0.1) is 0 Å². The van der Waals surface area contributed by atoms with E-state index in [0.29, 0.717) is 12.5 Å². The lowest BCUT2D eigenvalue weighted by Crippen LogP contribution is -2.47. The average molecular weight is 260 g/mol. The molecule has 0 spiro atoms. The van der Waals surface area contributed by atoms with Crippen molar-refractivity contribution < 1.29 is 4.79 Å². The Balaban J connectivity index is 2.05. The zero-order valence-electron chi connectivity index (χ0n) is 12.0. The highest BCUT2D eigenvalue weighted by atomic mass is 16.2. The molecule has 104 valence electrons. The number of rotatable bonds is 4. The van der Waals surface area contributed by atoms with Crippen molar-refractivity contribution in [2.75, 3.05) is 20.1 Å². The normalized spacial score (nSPS) is 18.0. The predicted octanol–water partition coefficient (Wildman–Crippen LogP) is 2.42. The second kappa shape index (κ2) is 6.20. The van der Waals surface area contributed by atoms with Crippen molar-refractivity contribution in [3.05, 3.63) is 35.9 Å². The maximum Gasteiger partial charge on any atom is 0.228 e. The highest BCUT2D eigenvalue weighted by Gasteiger charge is 2.39. The van der Waals surface area contributed by atoms with E-state index in [9.17, 15) is 4.79 Å². The Hall–Kier alpha value is -1.35. The molecule has 3 heteroatoms. The first-order valence-electron chi connectivity index (χ1n) is 7.18. The summed E-state index contributed by atoms with van der Waals surface area (Å²) in [6.07, 6.45) is 2.86. The number of nitrogens with one attached hydrogen (secondary N) is 1. The van der Waals surface area contributed by atoms with E-state index >= 15 is 0 Å². The number of nitrogens with zero attached hydrogens (tertiary/aromatic N) is 1. The lowest BCUT2D eigenvalue weighted by atomic mass is 9.75. The van der Waals surface area contributed by atoms with E-state index in [4.69, 9.17) is 0 Å². The van der Waals surface area contributed by atoms with Crippen LogP contribution in [-0.2, 0) is 11.3 Å². The molecule has 0 bridgehead atoms. The third-order valence-electron chi connectivity index (χ3n) is 4.30. The zero-order chi connectivity index (χ0) is 13.7. The third-order valence-corrected chi connectivity index (χ3v) is 4.30. The first kappa shape index (κ1) is 14.1. The lowest BCUT2D eigenvalue weighted by Gasteiger charge is -2.38. The number of piperidine rings is 1. The summed E-state index contributed by atoms with van der Waals surface area (Å²) in [4.78, 5) is 14.6. The Morgan fingerprint density at radius 3 is 2.47 bits per heavy atom. The lowest BCUT2D eigenvalue weighted by molar-refractivity contribution is -0.143. The van der Waals surface area contributed by atoms with Crippen LogP contribution in [0.2, 0.25) is 0 Å². The van der Waals surface area contributed by atoms with Gasteiger partial charge in [-0.05, 0) is 37.9 Å². The zero-order valence-corrected chi connectivity index (χ0v) is 12.0. The molecule has 1 aromatic carbocycles. The second-order valence-electron chi connectivity index (χ2n) is 5.53. The molecular weight excluding hydrogens is 236 g/mol. The summed E-state index contributed by atoms with van der Waals surface area (Å²) in [5, 5.41) is 3.35. The van der Waals surface area contributed by atoms with Gasteiger partial charge in [0.2, 0.25) is 5.91 Å². The van der Waals surface area contributed by atoms with Crippen LogP contribution < -0.4 is 5.32 Å². The summed E-state index contributed by atoms with van der Waals surface area (Å²) in [5.41, 5.74) is 1.05. The van der Waals surface area contributed by atoms with Gasteiger partial charge in [-0.3, -0.25) is 4.79 Å². The minimum Gasteiger partial charge on any atom is -0.341 e. The second-order valence-corrected chi connectivity index (χ2v) is 5.53. The van der Waals surface area contributed by atoms with Crippen molar-refractivity contribution in [2.24, 2.45) is 5.41 Å². The molecule has 1 saturated heterocycles. The molecule has 3 nitrogen and oxygen atoms in total. The molecule has 19 heavy (non-hydrogen) atoms. The highest BCUT2D eigenvalue weighted by Crippen LogP contribution is 2.34. The topological polar surface area (TPSA) is 32.3 Å². The molecule has 0 saturated carbocycles. The van der Waals surface area contributed by atoms with Gasteiger partial charge in [0.1, 0.15) is 0 Å². The highest BCUT2D eigenvalue weighted by molar-refractivity contribution is 5.82. The molecule has 0 unspecified atom stereocenters. The van der Waals surface area contributed by atoms with Crippen LogP contribution in [0.25, 0.3) is 0 Å². The monoisotopic (exact) mass is 260 g/mol. The molecule has 0 radical (unpaired) electrons. The van der Waals surface area contributed by atoms with E-state index in [-0.39, 0.29) is 5.41 Å². The van der Waals surface area contributed by atoms with Crippen LogP contribution in [0.5, 0.6) is 0 Å². The van der Waals surface area contributed by atoms with Crippen LogP contribution in [0.15, 0.2) is 30.3 Å². The predicted molar refractivity (Wildman–Crippen MR) is 77.7 cm³/mol. The van der Waals surface area contributed by atoms with Gasteiger partial charge in [0.05, 0.1) is 5.41 Å². The van der Waals surface area contributed by atoms with Crippen molar-refractivity contribution in [2.45, 2.75) is 32.7 Å². The van der Waals surface area contributed by atoms with E-state index in [1.807, 2.05) is 30.1 Å². The van der Waals surface area contributed by atoms with Gasteiger partial charge in [-0.25, -0.2) is 0 Å². The Morgan fingerprint density at radius 2 is 1.89 bits per heavy atom. The van der Waals surface area contributed by atoms with E-state index < -0.39 is 0 Å². The Bertz CT molecular complexity index is 410. The fourth-order valence-corrected chi connectivity index (χ4v) is 2.96. The number of amides is 1. The minimum absolute atomic E-state index is 0.144. The van der Waals surface area contributed by atoms with Gasteiger partial charge in [-0.1, -0.05) is 37.3 Å². The molecule has 2 rings (SSSR count). The first-order chi connectivity index (χ1) is 9.18. The average Bonchev–Trinajstić information content (AvgIpc) is 2.48. The molecule has 1 N–H and O–H groups in total. The molecule has 0 aliphatic carbocycles. The van der Waals surface area contributed by atoms with Crippen LogP contribution >= 0.6 is 0 Å². The third kappa shape index (κ3) is 3.16. The minimum atomic E-state index is -0.144. The maximum absolute atomic E-state index is 12.8.